The molecule has 2 aromatic rings. The molecule has 0 N–H and O–H groups in total. The first-order valence-corrected chi connectivity index (χ1v) is 10.6. The van der Waals surface area contributed by atoms with Gasteiger partial charge in [-0.1, -0.05) is 18.2 Å². The predicted molar refractivity (Wildman–Crippen MR) is 120 cm³/mol. The van der Waals surface area contributed by atoms with Crippen LogP contribution in [0.3, 0.4) is 0 Å². The minimum Gasteiger partial charge on any atom is -0.493 e. The number of carbonyl (C=O) groups excluding carboxylic acids is 1. The second kappa shape index (κ2) is 10.5. The molecule has 0 saturated carbocycles. The fourth-order valence-corrected chi connectivity index (χ4v) is 3.93. The first kappa shape index (κ1) is 22.1. The normalized spacial score (nSPS) is 15.1. The molecule has 1 aliphatic heterocycles. The van der Waals surface area contributed by atoms with Gasteiger partial charge < -0.3 is 14.4 Å². The third-order valence-corrected chi connectivity index (χ3v) is 5.74. The van der Waals surface area contributed by atoms with Crippen LogP contribution in [0.4, 0.5) is 5.69 Å². The van der Waals surface area contributed by atoms with Crippen molar-refractivity contribution in [2.24, 2.45) is 0 Å². The van der Waals surface area contributed by atoms with Gasteiger partial charge in [0.05, 0.1) is 20.8 Å². The van der Waals surface area contributed by atoms with Crippen molar-refractivity contribution in [3.05, 3.63) is 53.6 Å². The third kappa shape index (κ3) is 5.32. The molecule has 2 aromatic carbocycles. The fourth-order valence-electron chi connectivity index (χ4n) is 3.93. The Kier molecular flexibility index (Phi) is 7.71. The Morgan fingerprint density at radius 3 is 2.17 bits per heavy atom. The Bertz CT molecular complexity index is 833. The van der Waals surface area contributed by atoms with E-state index in [0.717, 1.165) is 49.9 Å². The molecule has 6 heteroatoms. The quantitative estimate of drug-likeness (QED) is 0.668. The van der Waals surface area contributed by atoms with Gasteiger partial charge in [-0.15, -0.1) is 0 Å². The number of anilines is 1. The van der Waals surface area contributed by atoms with E-state index in [9.17, 15) is 4.79 Å². The number of ether oxygens (including phenoxy) is 2. The fraction of sp³-hybridized carbons (Fsp3) is 0.458. The van der Waals surface area contributed by atoms with E-state index in [4.69, 9.17) is 9.47 Å². The number of likely N-dealkylation sites (N-methyl/N-ethyl adjacent to an activating group) is 1. The maximum absolute atomic E-state index is 12.8. The predicted octanol–water partition coefficient (Wildman–Crippen LogP) is 3.18. The number of piperazine rings is 1. The standard InChI is InChI=1S/C24H33N3O3/c1-5-27(21-9-7-6-8-10-21)24(28)18-26-13-11-25(12-14-26)17-20-16-23(30-4)22(29-3)15-19(20)2/h6-10,15-16H,5,11-14,17-18H2,1-4H3. The van der Waals surface area contributed by atoms with Crippen molar-refractivity contribution >= 4 is 11.6 Å². The second-order valence-electron chi connectivity index (χ2n) is 7.66. The topological polar surface area (TPSA) is 45.3 Å². The summed E-state index contributed by atoms with van der Waals surface area (Å²) in [6.45, 7) is 9.82. The second-order valence-corrected chi connectivity index (χ2v) is 7.66. The van der Waals surface area contributed by atoms with Crippen molar-refractivity contribution in [3.63, 3.8) is 0 Å². The highest BCUT2D eigenvalue weighted by atomic mass is 16.5. The van der Waals surface area contributed by atoms with E-state index >= 15 is 0 Å². The van der Waals surface area contributed by atoms with E-state index in [1.165, 1.54) is 11.1 Å². The van der Waals surface area contributed by atoms with Gasteiger partial charge in [0.25, 0.3) is 0 Å². The van der Waals surface area contributed by atoms with Crippen LogP contribution in [0.25, 0.3) is 0 Å². The lowest BCUT2D eigenvalue weighted by Gasteiger charge is -2.35. The van der Waals surface area contributed by atoms with Crippen LogP contribution < -0.4 is 14.4 Å². The molecular weight excluding hydrogens is 378 g/mol. The van der Waals surface area contributed by atoms with Gasteiger partial charge >= 0.3 is 0 Å². The van der Waals surface area contributed by atoms with Crippen molar-refractivity contribution in [1.29, 1.82) is 0 Å². The van der Waals surface area contributed by atoms with Gasteiger partial charge in [0, 0.05) is 45.0 Å². The molecule has 0 atom stereocenters. The highest BCUT2D eigenvalue weighted by Crippen LogP contribution is 2.31. The number of nitrogens with zero attached hydrogens (tertiary/aromatic N) is 3. The summed E-state index contributed by atoms with van der Waals surface area (Å²) in [6, 6.07) is 14.0. The Morgan fingerprint density at radius 1 is 0.967 bits per heavy atom. The molecule has 0 bridgehead atoms. The maximum Gasteiger partial charge on any atom is 0.241 e. The largest absolute Gasteiger partial charge is 0.493 e. The number of para-hydroxylation sites is 1. The number of carbonyl (C=O) groups is 1. The van der Waals surface area contributed by atoms with Gasteiger partial charge in [-0.05, 0) is 49.2 Å². The molecule has 1 saturated heterocycles. The molecular formula is C24H33N3O3. The van der Waals surface area contributed by atoms with Gasteiger partial charge in [-0.3, -0.25) is 14.6 Å². The van der Waals surface area contributed by atoms with Crippen LogP contribution in [-0.2, 0) is 11.3 Å². The molecule has 30 heavy (non-hydrogen) atoms. The highest BCUT2D eigenvalue weighted by Gasteiger charge is 2.22. The van der Waals surface area contributed by atoms with E-state index in [2.05, 4.69) is 22.8 Å². The molecule has 162 valence electrons. The molecule has 3 rings (SSSR count). The van der Waals surface area contributed by atoms with Crippen molar-refractivity contribution in [3.8, 4) is 11.5 Å². The maximum atomic E-state index is 12.8. The summed E-state index contributed by atoms with van der Waals surface area (Å²) in [5.41, 5.74) is 3.41. The minimum atomic E-state index is 0.160. The number of benzene rings is 2. The number of methoxy groups -OCH3 is 2. The van der Waals surface area contributed by atoms with Gasteiger partial charge in [0.2, 0.25) is 5.91 Å². The minimum absolute atomic E-state index is 0.160. The number of amides is 1. The van der Waals surface area contributed by atoms with E-state index in [1.54, 1.807) is 14.2 Å². The molecule has 6 nitrogen and oxygen atoms in total. The summed E-state index contributed by atoms with van der Waals surface area (Å²) in [7, 11) is 3.33. The first-order chi connectivity index (χ1) is 14.5. The SMILES string of the molecule is CCN(C(=O)CN1CCN(Cc2cc(OC)c(OC)cc2C)CC1)c1ccccc1. The van der Waals surface area contributed by atoms with Crippen LogP contribution >= 0.6 is 0 Å². The van der Waals surface area contributed by atoms with Crippen molar-refractivity contribution in [2.45, 2.75) is 20.4 Å². The van der Waals surface area contributed by atoms with Gasteiger partial charge in [-0.25, -0.2) is 0 Å². The summed E-state index contributed by atoms with van der Waals surface area (Å²) in [5.74, 6) is 1.69. The van der Waals surface area contributed by atoms with E-state index in [-0.39, 0.29) is 5.91 Å². The molecule has 1 fully saturated rings. The summed E-state index contributed by atoms with van der Waals surface area (Å²) >= 11 is 0. The zero-order valence-corrected chi connectivity index (χ0v) is 18.6. The van der Waals surface area contributed by atoms with E-state index in [1.807, 2.05) is 48.2 Å². The first-order valence-electron chi connectivity index (χ1n) is 10.6. The van der Waals surface area contributed by atoms with E-state index < -0.39 is 0 Å². The molecule has 0 aromatic heterocycles. The van der Waals surface area contributed by atoms with Gasteiger partial charge in [0.15, 0.2) is 11.5 Å². The lowest BCUT2D eigenvalue weighted by Crippen LogP contribution is -2.49. The van der Waals surface area contributed by atoms with Crippen LogP contribution in [0, 0.1) is 6.92 Å². The average Bonchev–Trinajstić information content (AvgIpc) is 2.77. The van der Waals surface area contributed by atoms with Crippen molar-refractivity contribution < 1.29 is 14.3 Å². The lowest BCUT2D eigenvalue weighted by molar-refractivity contribution is -0.120. The smallest absolute Gasteiger partial charge is 0.241 e. The molecule has 1 aliphatic rings. The van der Waals surface area contributed by atoms with Crippen LogP contribution in [0.15, 0.2) is 42.5 Å². The Labute approximate surface area is 180 Å². The Hall–Kier alpha value is -2.57. The van der Waals surface area contributed by atoms with Crippen LogP contribution in [-0.4, -0.2) is 69.2 Å². The monoisotopic (exact) mass is 411 g/mol. The summed E-state index contributed by atoms with van der Waals surface area (Å²) in [6.07, 6.45) is 0. The van der Waals surface area contributed by atoms with Gasteiger partial charge in [0.1, 0.15) is 0 Å². The lowest BCUT2D eigenvalue weighted by atomic mass is 10.1. The van der Waals surface area contributed by atoms with Crippen LogP contribution in [0.2, 0.25) is 0 Å². The zero-order valence-electron chi connectivity index (χ0n) is 18.6. The molecule has 0 unspecified atom stereocenters. The highest BCUT2D eigenvalue weighted by molar-refractivity contribution is 5.94. The molecule has 0 radical (unpaired) electrons. The number of aryl methyl sites for hydroxylation is 1. The third-order valence-electron chi connectivity index (χ3n) is 5.74. The molecule has 1 heterocycles. The summed E-state index contributed by atoms with van der Waals surface area (Å²) < 4.78 is 10.8. The average molecular weight is 412 g/mol. The number of rotatable bonds is 8. The van der Waals surface area contributed by atoms with Crippen LogP contribution in [0.1, 0.15) is 18.1 Å². The Balaban J connectivity index is 1.54. The van der Waals surface area contributed by atoms with Crippen LogP contribution in [0.5, 0.6) is 11.5 Å². The molecule has 0 spiro atoms. The van der Waals surface area contributed by atoms with Gasteiger partial charge in [-0.2, -0.15) is 0 Å². The Morgan fingerprint density at radius 2 is 1.57 bits per heavy atom. The molecule has 0 aliphatic carbocycles. The van der Waals surface area contributed by atoms with Crippen molar-refractivity contribution in [2.75, 3.05) is 58.4 Å². The molecule has 1 amide bonds. The van der Waals surface area contributed by atoms with E-state index in [0.29, 0.717) is 13.1 Å². The summed E-state index contributed by atoms with van der Waals surface area (Å²) in [5, 5.41) is 0. The number of hydrogen-bond donors (Lipinski definition) is 0. The zero-order chi connectivity index (χ0) is 21.5. The number of hydrogen-bond acceptors (Lipinski definition) is 5. The summed E-state index contributed by atoms with van der Waals surface area (Å²) in [4.78, 5) is 19.4. The van der Waals surface area contributed by atoms with Crippen molar-refractivity contribution in [1.82, 2.24) is 9.80 Å².